The van der Waals surface area contributed by atoms with Gasteiger partial charge in [-0.3, -0.25) is 4.31 Å². The third-order valence-corrected chi connectivity index (χ3v) is 5.05. The number of methoxy groups -OCH3 is 1. The fraction of sp³-hybridized carbons (Fsp3) is 0.357. The van der Waals surface area contributed by atoms with E-state index in [1.165, 1.54) is 13.3 Å². The predicted molar refractivity (Wildman–Crippen MR) is 76.3 cm³/mol. The molecule has 5 nitrogen and oxygen atoms in total. The van der Waals surface area contributed by atoms with Crippen LogP contribution in [0.4, 0.5) is 0 Å². The quantitative estimate of drug-likeness (QED) is 0.853. The Kier molecular flexibility index (Phi) is 4.00. The minimum absolute atomic E-state index is 0.0226. The van der Waals surface area contributed by atoms with Crippen LogP contribution in [0.1, 0.15) is 30.5 Å². The van der Waals surface area contributed by atoms with E-state index in [2.05, 4.69) is 6.07 Å². The first-order valence-electron chi connectivity index (χ1n) is 6.30. The molecule has 0 spiro atoms. The Balaban J connectivity index is 2.50. The van der Waals surface area contributed by atoms with Crippen molar-refractivity contribution in [3.05, 3.63) is 35.5 Å². The van der Waals surface area contributed by atoms with Crippen molar-refractivity contribution >= 4 is 16.1 Å². The SMILES string of the molecule is CCCS(=O)(=O)N1C=Cc2ccc(OC)cc2C1C#N. The van der Waals surface area contributed by atoms with Gasteiger partial charge in [0.2, 0.25) is 10.0 Å². The molecular weight excluding hydrogens is 276 g/mol. The van der Waals surface area contributed by atoms with E-state index in [1.807, 2.05) is 6.07 Å². The number of nitrogens with zero attached hydrogens (tertiary/aromatic N) is 2. The fourth-order valence-electron chi connectivity index (χ4n) is 2.19. The third kappa shape index (κ3) is 2.49. The second kappa shape index (κ2) is 5.55. The number of ether oxygens (including phenoxy) is 1. The van der Waals surface area contributed by atoms with E-state index in [0.29, 0.717) is 17.7 Å². The van der Waals surface area contributed by atoms with Gasteiger partial charge in [-0.25, -0.2) is 8.42 Å². The highest BCUT2D eigenvalue weighted by Crippen LogP contribution is 2.34. The highest BCUT2D eigenvalue weighted by molar-refractivity contribution is 7.89. The number of benzene rings is 1. The molecule has 1 aromatic carbocycles. The standard InChI is InChI=1S/C14H16N2O3S/c1-3-8-20(17,18)16-7-6-11-4-5-12(19-2)9-13(11)14(16)10-15/h4-7,9,14H,3,8H2,1-2H3. The molecule has 0 radical (unpaired) electrons. The zero-order valence-corrected chi connectivity index (χ0v) is 12.2. The van der Waals surface area contributed by atoms with Crippen LogP contribution >= 0.6 is 0 Å². The summed E-state index contributed by atoms with van der Waals surface area (Å²) in [5, 5.41) is 9.37. The van der Waals surface area contributed by atoms with Gasteiger partial charge < -0.3 is 4.74 Å². The molecule has 0 aliphatic carbocycles. The van der Waals surface area contributed by atoms with Gasteiger partial charge in [-0.15, -0.1) is 0 Å². The van der Waals surface area contributed by atoms with Crippen LogP contribution in [-0.4, -0.2) is 25.6 Å². The van der Waals surface area contributed by atoms with Gasteiger partial charge in [-0.1, -0.05) is 13.0 Å². The van der Waals surface area contributed by atoms with Crippen LogP contribution in [0.5, 0.6) is 5.75 Å². The summed E-state index contributed by atoms with van der Waals surface area (Å²) in [5.41, 5.74) is 1.48. The molecule has 20 heavy (non-hydrogen) atoms. The molecule has 0 amide bonds. The summed E-state index contributed by atoms with van der Waals surface area (Å²) in [6.45, 7) is 1.80. The molecule has 1 aliphatic heterocycles. The second-order valence-corrected chi connectivity index (χ2v) is 6.48. The molecule has 0 bridgehead atoms. The van der Waals surface area contributed by atoms with E-state index < -0.39 is 16.1 Å². The van der Waals surface area contributed by atoms with Crippen molar-refractivity contribution in [2.45, 2.75) is 19.4 Å². The third-order valence-electron chi connectivity index (χ3n) is 3.15. The number of hydrogen-bond acceptors (Lipinski definition) is 4. The number of sulfonamides is 1. The van der Waals surface area contributed by atoms with Crippen molar-refractivity contribution in [3.63, 3.8) is 0 Å². The van der Waals surface area contributed by atoms with Crippen LogP contribution in [0.3, 0.4) is 0 Å². The Morgan fingerprint density at radius 1 is 1.45 bits per heavy atom. The molecule has 6 heteroatoms. The van der Waals surface area contributed by atoms with Crippen LogP contribution in [0.15, 0.2) is 24.4 Å². The molecule has 1 heterocycles. The maximum absolute atomic E-state index is 12.2. The maximum Gasteiger partial charge on any atom is 0.236 e. The summed E-state index contributed by atoms with van der Waals surface area (Å²) in [5.74, 6) is 0.626. The molecule has 0 saturated heterocycles. The van der Waals surface area contributed by atoms with Gasteiger partial charge in [-0.2, -0.15) is 5.26 Å². The summed E-state index contributed by atoms with van der Waals surface area (Å²) in [7, 11) is -1.94. The van der Waals surface area contributed by atoms with Crippen molar-refractivity contribution in [1.82, 2.24) is 4.31 Å². The molecule has 1 aromatic rings. The predicted octanol–water partition coefficient (Wildman–Crippen LogP) is 2.29. The van der Waals surface area contributed by atoms with Crippen molar-refractivity contribution in [2.24, 2.45) is 0 Å². The Morgan fingerprint density at radius 2 is 2.20 bits per heavy atom. The van der Waals surface area contributed by atoms with E-state index in [0.717, 1.165) is 9.87 Å². The minimum atomic E-state index is -3.47. The largest absolute Gasteiger partial charge is 0.497 e. The van der Waals surface area contributed by atoms with E-state index in [4.69, 9.17) is 4.74 Å². The van der Waals surface area contributed by atoms with Gasteiger partial charge >= 0.3 is 0 Å². The zero-order chi connectivity index (χ0) is 14.8. The fourth-order valence-corrected chi connectivity index (χ4v) is 3.64. The van der Waals surface area contributed by atoms with Crippen LogP contribution in [0.2, 0.25) is 0 Å². The van der Waals surface area contributed by atoms with Crippen molar-refractivity contribution in [1.29, 1.82) is 5.26 Å². The summed E-state index contributed by atoms with van der Waals surface area (Å²) in [4.78, 5) is 0. The smallest absolute Gasteiger partial charge is 0.236 e. The molecule has 0 saturated carbocycles. The average Bonchev–Trinajstić information content (AvgIpc) is 2.45. The van der Waals surface area contributed by atoms with E-state index in [9.17, 15) is 13.7 Å². The number of hydrogen-bond donors (Lipinski definition) is 0. The molecule has 0 aromatic heterocycles. The van der Waals surface area contributed by atoms with Gasteiger partial charge in [0.25, 0.3) is 0 Å². The number of rotatable bonds is 4. The Labute approximate surface area is 119 Å². The van der Waals surface area contributed by atoms with Gasteiger partial charge in [0.1, 0.15) is 5.75 Å². The van der Waals surface area contributed by atoms with E-state index in [1.54, 1.807) is 25.1 Å². The Morgan fingerprint density at radius 3 is 2.80 bits per heavy atom. The number of fused-ring (bicyclic) bond motifs is 1. The van der Waals surface area contributed by atoms with Crippen LogP contribution in [-0.2, 0) is 10.0 Å². The summed E-state index contributed by atoms with van der Waals surface area (Å²) < 4.78 is 30.7. The van der Waals surface area contributed by atoms with Gasteiger partial charge in [0.15, 0.2) is 6.04 Å². The Bertz CT molecular complexity index is 674. The highest BCUT2D eigenvalue weighted by Gasteiger charge is 2.31. The maximum atomic E-state index is 12.2. The Hall–Kier alpha value is -2.00. The molecule has 0 N–H and O–H groups in total. The minimum Gasteiger partial charge on any atom is -0.497 e. The highest BCUT2D eigenvalue weighted by atomic mass is 32.2. The topological polar surface area (TPSA) is 70.4 Å². The molecule has 1 aliphatic rings. The zero-order valence-electron chi connectivity index (χ0n) is 11.4. The normalized spacial score (nSPS) is 17.4. The van der Waals surface area contributed by atoms with Crippen LogP contribution in [0.25, 0.3) is 6.08 Å². The lowest BCUT2D eigenvalue weighted by atomic mass is 9.98. The molecule has 106 valence electrons. The first kappa shape index (κ1) is 14.4. The summed E-state index contributed by atoms with van der Waals surface area (Å²) in [6, 6.07) is 6.53. The monoisotopic (exact) mass is 292 g/mol. The lowest BCUT2D eigenvalue weighted by molar-refractivity contribution is 0.411. The molecule has 1 unspecified atom stereocenters. The van der Waals surface area contributed by atoms with Gasteiger partial charge in [0, 0.05) is 11.8 Å². The van der Waals surface area contributed by atoms with E-state index >= 15 is 0 Å². The second-order valence-electron chi connectivity index (χ2n) is 4.49. The first-order chi connectivity index (χ1) is 9.53. The van der Waals surface area contributed by atoms with Crippen molar-refractivity contribution < 1.29 is 13.2 Å². The van der Waals surface area contributed by atoms with E-state index in [-0.39, 0.29) is 5.75 Å². The summed E-state index contributed by atoms with van der Waals surface area (Å²) in [6.07, 6.45) is 3.68. The van der Waals surface area contributed by atoms with Crippen molar-refractivity contribution in [2.75, 3.05) is 12.9 Å². The molecule has 0 fully saturated rings. The lowest BCUT2D eigenvalue weighted by Crippen LogP contribution is -2.33. The van der Waals surface area contributed by atoms with Crippen LogP contribution < -0.4 is 4.74 Å². The van der Waals surface area contributed by atoms with Gasteiger partial charge in [-0.05, 0) is 30.2 Å². The number of nitriles is 1. The lowest BCUT2D eigenvalue weighted by Gasteiger charge is -2.29. The molecule has 2 rings (SSSR count). The molecular formula is C14H16N2O3S. The average molecular weight is 292 g/mol. The van der Waals surface area contributed by atoms with Crippen molar-refractivity contribution in [3.8, 4) is 11.8 Å². The first-order valence-corrected chi connectivity index (χ1v) is 7.91. The molecule has 1 atom stereocenters. The van der Waals surface area contributed by atoms with Crippen LogP contribution in [0, 0.1) is 11.3 Å². The summed E-state index contributed by atoms with van der Waals surface area (Å²) >= 11 is 0. The van der Waals surface area contributed by atoms with Gasteiger partial charge in [0.05, 0.1) is 18.9 Å².